The fourth-order valence-electron chi connectivity index (χ4n) is 0.144. The molecule has 0 atom stereocenters. The van der Waals surface area contributed by atoms with Crippen molar-refractivity contribution in [1.29, 1.82) is 0 Å². The summed E-state index contributed by atoms with van der Waals surface area (Å²) in [5.74, 6) is 0. The third-order valence-electron chi connectivity index (χ3n) is 0.348. The van der Waals surface area contributed by atoms with Crippen molar-refractivity contribution in [2.24, 2.45) is 0 Å². The molecule has 0 saturated heterocycles. The van der Waals surface area contributed by atoms with Gasteiger partial charge in [-0.05, 0) is 6.04 Å². The zero-order valence-corrected chi connectivity index (χ0v) is 4.49. The van der Waals surface area contributed by atoms with Crippen LogP contribution in [0.1, 0.15) is 0 Å². The van der Waals surface area contributed by atoms with Crippen LogP contribution in [0.2, 0.25) is 12.6 Å². The van der Waals surface area contributed by atoms with Crippen LogP contribution in [-0.4, -0.2) is 9.52 Å². The molecular formula is C4H8Si. The number of hydrogen-bond donors (Lipinski definition) is 0. The van der Waals surface area contributed by atoms with Crippen molar-refractivity contribution < 1.29 is 0 Å². The first-order chi connectivity index (χ1) is 2.41. The van der Waals surface area contributed by atoms with E-state index in [1.54, 1.807) is 0 Å². The summed E-state index contributed by atoms with van der Waals surface area (Å²) in [7, 11) is 1.04. The van der Waals surface area contributed by atoms with Gasteiger partial charge in [-0.3, -0.25) is 0 Å². The topological polar surface area (TPSA) is 0 Å². The quantitative estimate of drug-likeness (QED) is 0.350. The minimum Gasteiger partial charge on any atom is -0.103 e. The first-order valence-electron chi connectivity index (χ1n) is 1.67. The highest BCUT2D eigenvalue weighted by Crippen LogP contribution is 1.72. The molecule has 0 amide bonds. The Hall–Kier alpha value is -0.0431. The molecule has 0 aromatic rings. The van der Waals surface area contributed by atoms with Crippen molar-refractivity contribution in [2.75, 3.05) is 0 Å². The lowest BCUT2D eigenvalue weighted by atomic mass is 10.8. The molecule has 2 radical (unpaired) electrons. The van der Waals surface area contributed by atoms with Crippen molar-refractivity contribution in [3.8, 4) is 0 Å². The summed E-state index contributed by atoms with van der Waals surface area (Å²) in [6, 6.07) is 1.18. The van der Waals surface area contributed by atoms with E-state index < -0.39 is 0 Å². The molecule has 0 nitrogen and oxygen atoms in total. The fourth-order valence-corrected chi connectivity index (χ4v) is 0.433. The van der Waals surface area contributed by atoms with E-state index in [9.17, 15) is 0 Å². The molecule has 1 heteroatoms. The minimum absolute atomic E-state index is 1.04. The lowest BCUT2D eigenvalue weighted by Crippen LogP contribution is -1.69. The van der Waals surface area contributed by atoms with Gasteiger partial charge in [-0.2, -0.15) is 0 Å². The van der Waals surface area contributed by atoms with Gasteiger partial charge in [-0.25, -0.2) is 0 Å². The Morgan fingerprint density at radius 1 is 2.00 bits per heavy atom. The Morgan fingerprint density at radius 3 is 2.60 bits per heavy atom. The van der Waals surface area contributed by atoms with Crippen molar-refractivity contribution in [1.82, 2.24) is 0 Å². The van der Waals surface area contributed by atoms with Gasteiger partial charge in [-0.15, -0.1) is 6.58 Å². The van der Waals surface area contributed by atoms with E-state index in [0.29, 0.717) is 0 Å². The highest BCUT2D eigenvalue weighted by atomic mass is 28.2. The van der Waals surface area contributed by atoms with Gasteiger partial charge in [0.15, 0.2) is 0 Å². The van der Waals surface area contributed by atoms with Crippen LogP contribution >= 0.6 is 0 Å². The van der Waals surface area contributed by atoms with Gasteiger partial charge in [0.25, 0.3) is 0 Å². The Bertz CT molecular complexity index is 24.8. The highest BCUT2D eigenvalue weighted by Gasteiger charge is 1.64. The van der Waals surface area contributed by atoms with Crippen molar-refractivity contribution >= 4 is 9.52 Å². The SMILES string of the molecule is C=CC[Si]C. The third kappa shape index (κ3) is 3.96. The van der Waals surface area contributed by atoms with Gasteiger partial charge in [0.05, 0.1) is 0 Å². The molecule has 28 valence electrons. The standard InChI is InChI=1S/C4H8Si/c1-3-4-5-2/h3H,1,4H2,2H3. The Labute approximate surface area is 35.7 Å². The summed E-state index contributed by atoms with van der Waals surface area (Å²) in [4.78, 5) is 0. The van der Waals surface area contributed by atoms with Crippen LogP contribution in [0.4, 0.5) is 0 Å². The molecule has 0 heterocycles. The maximum absolute atomic E-state index is 3.56. The molecule has 0 unspecified atom stereocenters. The second kappa shape index (κ2) is 3.96. The van der Waals surface area contributed by atoms with E-state index >= 15 is 0 Å². The lowest BCUT2D eigenvalue weighted by Gasteiger charge is -1.70. The van der Waals surface area contributed by atoms with Crippen LogP contribution in [0, 0.1) is 0 Å². The first-order valence-corrected chi connectivity index (χ1v) is 3.38. The van der Waals surface area contributed by atoms with E-state index in [2.05, 4.69) is 13.1 Å². The lowest BCUT2D eigenvalue weighted by molar-refractivity contribution is 1.71. The predicted octanol–water partition coefficient (Wildman–Crippen LogP) is 1.34. The van der Waals surface area contributed by atoms with Crippen LogP contribution in [0.15, 0.2) is 12.7 Å². The normalized spacial score (nSPS) is 7.40. The molecule has 0 fully saturated rings. The summed E-state index contributed by atoms with van der Waals surface area (Å²) in [5, 5.41) is 0. The Balaban J connectivity index is 2.40. The molecule has 0 aromatic heterocycles. The first kappa shape index (κ1) is 4.96. The molecule has 5 heavy (non-hydrogen) atoms. The van der Waals surface area contributed by atoms with E-state index in [-0.39, 0.29) is 0 Å². The van der Waals surface area contributed by atoms with Gasteiger partial charge in [0.2, 0.25) is 0 Å². The third-order valence-corrected chi connectivity index (χ3v) is 1.05. The predicted molar refractivity (Wildman–Crippen MR) is 26.6 cm³/mol. The van der Waals surface area contributed by atoms with Gasteiger partial charge in [0, 0.05) is 9.52 Å². The Kier molecular flexibility index (Phi) is 3.92. The van der Waals surface area contributed by atoms with E-state index in [1.165, 1.54) is 6.04 Å². The molecule has 0 N–H and O–H groups in total. The van der Waals surface area contributed by atoms with E-state index in [0.717, 1.165) is 9.52 Å². The van der Waals surface area contributed by atoms with Crippen molar-refractivity contribution in [2.45, 2.75) is 12.6 Å². The van der Waals surface area contributed by atoms with Gasteiger partial charge < -0.3 is 0 Å². The average molecular weight is 84.2 g/mol. The molecule has 0 rings (SSSR count). The minimum atomic E-state index is 1.04. The summed E-state index contributed by atoms with van der Waals surface area (Å²) in [6.07, 6.45) is 1.94. The van der Waals surface area contributed by atoms with Gasteiger partial charge in [0.1, 0.15) is 0 Å². The van der Waals surface area contributed by atoms with Crippen molar-refractivity contribution in [3.05, 3.63) is 12.7 Å². The smallest absolute Gasteiger partial charge is 0.0385 e. The molecule has 0 bridgehead atoms. The zero-order valence-electron chi connectivity index (χ0n) is 3.49. The average Bonchev–Trinajstić information content (AvgIpc) is 1.41. The fraction of sp³-hybridized carbons (Fsp3) is 0.500. The van der Waals surface area contributed by atoms with Crippen molar-refractivity contribution in [3.63, 3.8) is 0 Å². The van der Waals surface area contributed by atoms with Crippen LogP contribution in [0.3, 0.4) is 0 Å². The number of rotatable bonds is 2. The van der Waals surface area contributed by atoms with Crippen LogP contribution < -0.4 is 0 Å². The van der Waals surface area contributed by atoms with Crippen LogP contribution in [0.25, 0.3) is 0 Å². The summed E-state index contributed by atoms with van der Waals surface area (Å²) in [6.45, 7) is 5.73. The second-order valence-electron chi connectivity index (χ2n) is 0.846. The largest absolute Gasteiger partial charge is 0.103 e. The Morgan fingerprint density at radius 2 is 2.60 bits per heavy atom. The van der Waals surface area contributed by atoms with Gasteiger partial charge in [-0.1, -0.05) is 12.6 Å². The molecule has 0 aliphatic carbocycles. The molecule has 0 saturated carbocycles. The van der Waals surface area contributed by atoms with E-state index in [1.807, 2.05) is 6.08 Å². The maximum atomic E-state index is 3.56. The van der Waals surface area contributed by atoms with E-state index in [4.69, 9.17) is 0 Å². The summed E-state index contributed by atoms with van der Waals surface area (Å²) in [5.41, 5.74) is 0. The summed E-state index contributed by atoms with van der Waals surface area (Å²) < 4.78 is 0. The zero-order chi connectivity index (χ0) is 4.12. The van der Waals surface area contributed by atoms with Crippen LogP contribution in [0.5, 0.6) is 0 Å². The van der Waals surface area contributed by atoms with Crippen LogP contribution in [-0.2, 0) is 0 Å². The molecule has 0 aromatic carbocycles. The molecule has 0 aliphatic rings. The van der Waals surface area contributed by atoms with Gasteiger partial charge >= 0.3 is 0 Å². The molecule has 0 spiro atoms. The molecular weight excluding hydrogens is 76.1 g/mol. The second-order valence-corrected chi connectivity index (χ2v) is 1.96. The number of hydrogen-bond acceptors (Lipinski definition) is 0. The molecule has 0 aliphatic heterocycles. The monoisotopic (exact) mass is 84.0 g/mol. The summed E-state index contributed by atoms with van der Waals surface area (Å²) >= 11 is 0. The number of allylic oxidation sites excluding steroid dienone is 1. The highest BCUT2D eigenvalue weighted by molar-refractivity contribution is 6.34. The maximum Gasteiger partial charge on any atom is 0.0385 e.